The van der Waals surface area contributed by atoms with Crippen molar-refractivity contribution in [3.63, 3.8) is 0 Å². The highest BCUT2D eigenvalue weighted by Gasteiger charge is 2.32. The molecule has 0 bridgehead atoms. The summed E-state index contributed by atoms with van der Waals surface area (Å²) in [5.74, 6) is 0.387. The Labute approximate surface area is 217 Å². The summed E-state index contributed by atoms with van der Waals surface area (Å²) in [7, 11) is 1.60. The lowest BCUT2D eigenvalue weighted by Gasteiger charge is -2.25. The maximum atomic E-state index is 13.8. The van der Waals surface area contributed by atoms with Gasteiger partial charge in [-0.15, -0.1) is 0 Å². The fourth-order valence-corrected chi connectivity index (χ4v) is 5.53. The second-order valence-electron chi connectivity index (χ2n) is 8.68. The average Bonchev–Trinajstić information content (AvgIpc) is 3.42. The summed E-state index contributed by atoms with van der Waals surface area (Å²) < 4.78 is 9.37. The third-order valence-electron chi connectivity index (χ3n) is 6.46. The summed E-state index contributed by atoms with van der Waals surface area (Å²) in [4.78, 5) is 32.7. The van der Waals surface area contributed by atoms with Gasteiger partial charge in [0, 0.05) is 23.5 Å². The Morgan fingerprint density at radius 2 is 1.86 bits per heavy atom. The molecule has 0 saturated carbocycles. The maximum Gasteiger partial charge on any atom is 0.271 e. The van der Waals surface area contributed by atoms with E-state index < -0.39 is 6.04 Å². The van der Waals surface area contributed by atoms with Crippen molar-refractivity contribution in [2.45, 2.75) is 33.4 Å². The molecule has 1 atom stereocenters. The number of thiazole rings is 1. The van der Waals surface area contributed by atoms with E-state index in [0.717, 1.165) is 23.4 Å². The molecule has 1 N–H and O–H groups in total. The van der Waals surface area contributed by atoms with Crippen molar-refractivity contribution >= 4 is 29.0 Å². The van der Waals surface area contributed by atoms with E-state index in [1.54, 1.807) is 17.9 Å². The first-order valence-corrected chi connectivity index (χ1v) is 12.8. The maximum absolute atomic E-state index is 13.8. The second kappa shape index (κ2) is 10.0. The minimum atomic E-state index is -0.646. The SMILES string of the molecule is CCn1ncc(/C=c2/sc3n(c2=O)[C@H](c2ccc(OC)cc2)C(C(=O)Nc2ccccc2)=C(C)N=3)c1C. The monoisotopic (exact) mass is 513 g/mol. The van der Waals surface area contributed by atoms with Crippen LogP contribution in [-0.4, -0.2) is 27.4 Å². The molecule has 2 aromatic carbocycles. The van der Waals surface area contributed by atoms with Crippen molar-refractivity contribution in [3.05, 3.63) is 109 Å². The highest BCUT2D eigenvalue weighted by molar-refractivity contribution is 7.07. The smallest absolute Gasteiger partial charge is 0.271 e. The van der Waals surface area contributed by atoms with Crippen LogP contribution < -0.4 is 24.9 Å². The minimum absolute atomic E-state index is 0.203. The molecule has 188 valence electrons. The number of aromatic nitrogens is 3. The lowest BCUT2D eigenvalue weighted by Crippen LogP contribution is -2.40. The number of methoxy groups -OCH3 is 1. The number of nitrogens with one attached hydrogen (secondary N) is 1. The van der Waals surface area contributed by atoms with E-state index in [1.807, 2.05) is 86.1 Å². The van der Waals surface area contributed by atoms with Crippen LogP contribution in [0.3, 0.4) is 0 Å². The number of ether oxygens (including phenoxy) is 1. The molecular formula is C28H27N5O3S. The Bertz CT molecular complexity index is 1680. The first kappa shape index (κ1) is 24.5. The van der Waals surface area contributed by atoms with Crippen LogP contribution in [0, 0.1) is 6.92 Å². The van der Waals surface area contributed by atoms with Crippen LogP contribution >= 0.6 is 11.3 Å². The third-order valence-corrected chi connectivity index (χ3v) is 7.44. The van der Waals surface area contributed by atoms with Crippen LogP contribution in [0.1, 0.15) is 36.7 Å². The molecule has 0 unspecified atom stereocenters. The molecule has 1 aliphatic heterocycles. The normalized spacial score (nSPS) is 15.4. The van der Waals surface area contributed by atoms with Crippen LogP contribution in [0.4, 0.5) is 5.69 Å². The van der Waals surface area contributed by atoms with Crippen molar-refractivity contribution < 1.29 is 9.53 Å². The van der Waals surface area contributed by atoms with Gasteiger partial charge in [-0.2, -0.15) is 5.10 Å². The zero-order valence-electron chi connectivity index (χ0n) is 21.1. The molecule has 2 aromatic heterocycles. The summed E-state index contributed by atoms with van der Waals surface area (Å²) in [6, 6.07) is 16.0. The molecule has 0 saturated heterocycles. The molecule has 0 fully saturated rings. The van der Waals surface area contributed by atoms with Gasteiger partial charge in [0.15, 0.2) is 4.80 Å². The Balaban J connectivity index is 1.67. The fraction of sp³-hybridized carbons (Fsp3) is 0.214. The number of benzene rings is 2. The number of aryl methyl sites for hydroxylation is 1. The van der Waals surface area contributed by atoms with Crippen LogP contribution in [0.25, 0.3) is 6.08 Å². The second-order valence-corrected chi connectivity index (χ2v) is 9.69. The number of allylic oxidation sites excluding steroid dienone is 1. The van der Waals surface area contributed by atoms with E-state index in [1.165, 1.54) is 11.3 Å². The van der Waals surface area contributed by atoms with Gasteiger partial charge in [0.2, 0.25) is 0 Å². The molecule has 5 rings (SSSR count). The lowest BCUT2D eigenvalue weighted by atomic mass is 9.95. The van der Waals surface area contributed by atoms with Gasteiger partial charge in [-0.3, -0.25) is 18.8 Å². The van der Waals surface area contributed by atoms with Crippen molar-refractivity contribution in [2.75, 3.05) is 12.4 Å². The molecule has 1 aliphatic rings. The number of carbonyl (C=O) groups is 1. The van der Waals surface area contributed by atoms with E-state index in [9.17, 15) is 9.59 Å². The molecule has 1 amide bonds. The van der Waals surface area contributed by atoms with E-state index in [-0.39, 0.29) is 11.5 Å². The summed E-state index contributed by atoms with van der Waals surface area (Å²) in [6.45, 7) is 6.56. The number of anilines is 1. The highest BCUT2D eigenvalue weighted by Crippen LogP contribution is 2.31. The fourth-order valence-electron chi connectivity index (χ4n) is 4.50. The zero-order valence-corrected chi connectivity index (χ0v) is 21.9. The molecular weight excluding hydrogens is 486 g/mol. The first-order chi connectivity index (χ1) is 17.9. The zero-order chi connectivity index (χ0) is 26.1. The number of nitrogens with zero attached hydrogens (tertiary/aromatic N) is 4. The Hall–Kier alpha value is -4.24. The van der Waals surface area contributed by atoms with Crippen LogP contribution in [0.2, 0.25) is 0 Å². The lowest BCUT2D eigenvalue weighted by molar-refractivity contribution is -0.113. The van der Waals surface area contributed by atoms with E-state index in [4.69, 9.17) is 9.73 Å². The molecule has 4 aromatic rings. The van der Waals surface area contributed by atoms with Crippen molar-refractivity contribution in [2.24, 2.45) is 4.99 Å². The van der Waals surface area contributed by atoms with Gasteiger partial charge < -0.3 is 10.1 Å². The summed E-state index contributed by atoms with van der Waals surface area (Å²) >= 11 is 1.31. The number of hydrogen-bond acceptors (Lipinski definition) is 6. The molecule has 9 heteroatoms. The summed E-state index contributed by atoms with van der Waals surface area (Å²) in [6.07, 6.45) is 3.62. The third kappa shape index (κ3) is 4.53. The largest absolute Gasteiger partial charge is 0.497 e. The molecule has 8 nitrogen and oxygen atoms in total. The van der Waals surface area contributed by atoms with Crippen molar-refractivity contribution in [3.8, 4) is 5.75 Å². The van der Waals surface area contributed by atoms with Gasteiger partial charge in [0.1, 0.15) is 5.75 Å². The topological polar surface area (TPSA) is 90.5 Å². The van der Waals surface area contributed by atoms with Crippen LogP contribution in [0.5, 0.6) is 5.75 Å². The van der Waals surface area contributed by atoms with Gasteiger partial charge in [0.05, 0.1) is 35.2 Å². The predicted molar refractivity (Wildman–Crippen MR) is 144 cm³/mol. The van der Waals surface area contributed by atoms with Crippen LogP contribution in [-0.2, 0) is 11.3 Å². The van der Waals surface area contributed by atoms with Gasteiger partial charge >= 0.3 is 0 Å². The Kier molecular flexibility index (Phi) is 6.62. The van der Waals surface area contributed by atoms with Gasteiger partial charge in [-0.25, -0.2) is 4.99 Å². The number of fused-ring (bicyclic) bond motifs is 1. The standard InChI is InChI=1S/C28H27N5O3S/c1-5-32-18(3)20(16-29-32)15-23-27(35)33-25(19-11-13-22(36-4)14-12-19)24(17(2)30-28(33)37-23)26(34)31-21-9-7-6-8-10-21/h6-16,25H,5H2,1-4H3,(H,31,34)/b23-15+/t25-/m1/s1. The van der Waals surface area contributed by atoms with Crippen molar-refractivity contribution in [1.29, 1.82) is 0 Å². The number of amides is 1. The van der Waals surface area contributed by atoms with E-state index in [2.05, 4.69) is 10.4 Å². The number of para-hydroxylation sites is 1. The summed E-state index contributed by atoms with van der Waals surface area (Å²) in [5.41, 5.74) is 4.11. The minimum Gasteiger partial charge on any atom is -0.497 e. The molecule has 3 heterocycles. The van der Waals surface area contributed by atoms with E-state index >= 15 is 0 Å². The molecule has 0 radical (unpaired) electrons. The molecule has 0 aliphatic carbocycles. The number of rotatable bonds is 6. The Morgan fingerprint density at radius 3 is 2.51 bits per heavy atom. The highest BCUT2D eigenvalue weighted by atomic mass is 32.1. The molecule has 37 heavy (non-hydrogen) atoms. The van der Waals surface area contributed by atoms with Crippen molar-refractivity contribution in [1.82, 2.24) is 14.3 Å². The number of carbonyl (C=O) groups excluding carboxylic acids is 1. The average molecular weight is 514 g/mol. The van der Waals surface area contributed by atoms with Gasteiger partial charge in [-0.1, -0.05) is 41.7 Å². The van der Waals surface area contributed by atoms with E-state index in [0.29, 0.717) is 32.0 Å². The first-order valence-electron chi connectivity index (χ1n) is 12.0. The summed E-state index contributed by atoms with van der Waals surface area (Å²) in [5, 5.41) is 7.36. The molecule has 0 spiro atoms. The van der Waals surface area contributed by atoms with Crippen LogP contribution in [0.15, 0.2) is 81.9 Å². The Morgan fingerprint density at radius 1 is 1.14 bits per heavy atom. The van der Waals surface area contributed by atoms with Gasteiger partial charge in [-0.05, 0) is 56.7 Å². The number of hydrogen-bond donors (Lipinski definition) is 1. The predicted octanol–water partition coefficient (Wildman–Crippen LogP) is 3.41. The van der Waals surface area contributed by atoms with Gasteiger partial charge in [0.25, 0.3) is 11.5 Å². The quantitative estimate of drug-likeness (QED) is 0.428.